The fourth-order valence-corrected chi connectivity index (χ4v) is 2.37. The summed E-state index contributed by atoms with van der Waals surface area (Å²) in [6, 6.07) is 7.53. The summed E-state index contributed by atoms with van der Waals surface area (Å²) < 4.78 is 12.9. The van der Waals surface area contributed by atoms with E-state index in [1.807, 2.05) is 0 Å². The highest BCUT2D eigenvalue weighted by Gasteiger charge is 2.10. The van der Waals surface area contributed by atoms with Gasteiger partial charge in [-0.2, -0.15) is 17.7 Å². The van der Waals surface area contributed by atoms with Gasteiger partial charge in [-0.15, -0.1) is 0 Å². The van der Waals surface area contributed by atoms with Crippen molar-refractivity contribution in [3.63, 3.8) is 0 Å². The Morgan fingerprint density at radius 1 is 1.12 bits per heavy atom. The lowest BCUT2D eigenvalue weighted by molar-refractivity contribution is -0.120. The summed E-state index contributed by atoms with van der Waals surface area (Å²) in [6.07, 6.45) is 1.95. The van der Waals surface area contributed by atoms with Crippen molar-refractivity contribution in [2.45, 2.75) is 19.3 Å². The molecule has 0 radical (unpaired) electrons. The highest BCUT2D eigenvalue weighted by atomic mass is 32.1. The Kier molecular flexibility index (Phi) is 7.46. The van der Waals surface area contributed by atoms with E-state index in [1.54, 1.807) is 18.2 Å². The predicted molar refractivity (Wildman–Crippen MR) is 97.0 cm³/mol. The van der Waals surface area contributed by atoms with Crippen LogP contribution in [0.25, 0.3) is 11.3 Å². The van der Waals surface area contributed by atoms with Crippen LogP contribution in [0.15, 0.2) is 30.3 Å². The molecule has 0 aliphatic heterocycles. The number of hydrogen-bond donors (Lipinski definition) is 4. The number of nitrogens with zero attached hydrogens (tertiary/aromatic N) is 1. The first kappa shape index (κ1) is 19.0. The van der Waals surface area contributed by atoms with E-state index >= 15 is 0 Å². The maximum absolute atomic E-state index is 12.9. The Hall–Kier alpha value is -2.35. The van der Waals surface area contributed by atoms with Crippen LogP contribution in [0.1, 0.15) is 29.8 Å². The summed E-state index contributed by atoms with van der Waals surface area (Å²) >= 11 is 3.99. The zero-order valence-electron chi connectivity index (χ0n) is 13.7. The number of unbranched alkanes of at least 4 members (excludes halogenated alkanes) is 1. The maximum Gasteiger partial charge on any atom is 0.269 e. The molecule has 6 nitrogen and oxygen atoms in total. The Morgan fingerprint density at radius 3 is 2.48 bits per heavy atom. The largest absolute Gasteiger partial charge is 0.356 e. The fourth-order valence-electron chi connectivity index (χ4n) is 2.17. The molecule has 0 aliphatic carbocycles. The van der Waals surface area contributed by atoms with Crippen molar-refractivity contribution in [2.75, 3.05) is 18.8 Å². The molecule has 0 bridgehead atoms. The average Bonchev–Trinajstić information content (AvgIpc) is 3.09. The SMILES string of the molecule is O=C(CCS)NCCCCNC(=O)c1cc(-c2ccc(F)cc2)n[nH]1. The number of thiol groups is 1. The minimum Gasteiger partial charge on any atom is -0.356 e. The van der Waals surface area contributed by atoms with Gasteiger partial charge in [-0.25, -0.2) is 4.39 Å². The van der Waals surface area contributed by atoms with Crippen LogP contribution in [0.2, 0.25) is 0 Å². The topological polar surface area (TPSA) is 86.9 Å². The van der Waals surface area contributed by atoms with E-state index in [9.17, 15) is 14.0 Å². The number of benzene rings is 1. The van der Waals surface area contributed by atoms with E-state index in [-0.39, 0.29) is 17.6 Å². The van der Waals surface area contributed by atoms with E-state index in [0.29, 0.717) is 36.7 Å². The number of carbonyl (C=O) groups excluding carboxylic acids is 2. The van der Waals surface area contributed by atoms with Gasteiger partial charge in [0, 0.05) is 25.1 Å². The first-order chi connectivity index (χ1) is 12.1. The van der Waals surface area contributed by atoms with Crippen molar-refractivity contribution in [3.05, 3.63) is 41.8 Å². The van der Waals surface area contributed by atoms with Crippen LogP contribution in [-0.4, -0.2) is 40.9 Å². The molecule has 0 unspecified atom stereocenters. The van der Waals surface area contributed by atoms with Crippen molar-refractivity contribution in [2.24, 2.45) is 0 Å². The molecule has 134 valence electrons. The third-order valence-electron chi connectivity index (χ3n) is 3.51. The Balaban J connectivity index is 1.71. The monoisotopic (exact) mass is 364 g/mol. The van der Waals surface area contributed by atoms with Gasteiger partial charge in [0.15, 0.2) is 0 Å². The quantitative estimate of drug-likeness (QED) is 0.406. The number of aromatic amines is 1. The van der Waals surface area contributed by atoms with E-state index in [4.69, 9.17) is 0 Å². The molecule has 0 spiro atoms. The van der Waals surface area contributed by atoms with Gasteiger partial charge < -0.3 is 10.6 Å². The van der Waals surface area contributed by atoms with Crippen LogP contribution in [0.3, 0.4) is 0 Å². The van der Waals surface area contributed by atoms with Crippen LogP contribution < -0.4 is 10.6 Å². The summed E-state index contributed by atoms with van der Waals surface area (Å²) in [5, 5.41) is 12.3. The van der Waals surface area contributed by atoms with Gasteiger partial charge in [0.05, 0.1) is 5.69 Å². The third-order valence-corrected chi connectivity index (χ3v) is 3.74. The van der Waals surface area contributed by atoms with Crippen LogP contribution in [0.4, 0.5) is 4.39 Å². The predicted octanol–water partition coefficient (Wildman–Crippen LogP) is 2.16. The molecule has 0 saturated heterocycles. The molecule has 3 N–H and O–H groups in total. The molecule has 1 aromatic heterocycles. The van der Waals surface area contributed by atoms with Gasteiger partial charge in [0.2, 0.25) is 5.91 Å². The lowest BCUT2D eigenvalue weighted by atomic mass is 10.1. The maximum atomic E-state index is 12.9. The molecular formula is C17H21FN4O2S. The zero-order valence-corrected chi connectivity index (χ0v) is 14.6. The number of H-pyrrole nitrogens is 1. The average molecular weight is 364 g/mol. The van der Waals surface area contributed by atoms with Crippen molar-refractivity contribution in [1.29, 1.82) is 0 Å². The summed E-state index contributed by atoms with van der Waals surface area (Å²) in [6.45, 7) is 1.09. The third kappa shape index (κ3) is 6.22. The molecule has 2 rings (SSSR count). The van der Waals surface area contributed by atoms with Crippen LogP contribution in [-0.2, 0) is 4.79 Å². The van der Waals surface area contributed by atoms with Gasteiger partial charge in [0.1, 0.15) is 11.5 Å². The van der Waals surface area contributed by atoms with Crippen LogP contribution in [0.5, 0.6) is 0 Å². The highest BCUT2D eigenvalue weighted by Crippen LogP contribution is 2.17. The molecular weight excluding hydrogens is 343 g/mol. The lowest BCUT2D eigenvalue weighted by Gasteiger charge is -2.05. The van der Waals surface area contributed by atoms with Gasteiger partial charge >= 0.3 is 0 Å². The standard InChI is InChI=1S/C17H21FN4O2S/c18-13-5-3-12(4-6-13)14-11-15(22-21-14)17(24)20-9-2-1-8-19-16(23)7-10-25/h3-6,11,25H,1-2,7-10H2,(H,19,23)(H,20,24)(H,21,22). The lowest BCUT2D eigenvalue weighted by Crippen LogP contribution is -2.27. The molecule has 8 heteroatoms. The molecule has 0 aliphatic rings. The number of rotatable bonds is 9. The van der Waals surface area contributed by atoms with Gasteiger partial charge in [-0.3, -0.25) is 14.7 Å². The molecule has 2 aromatic rings. The molecule has 1 heterocycles. The highest BCUT2D eigenvalue weighted by molar-refractivity contribution is 7.80. The first-order valence-corrected chi connectivity index (χ1v) is 8.70. The molecule has 0 saturated carbocycles. The molecule has 0 atom stereocenters. The van der Waals surface area contributed by atoms with Gasteiger partial charge in [-0.1, -0.05) is 0 Å². The summed E-state index contributed by atoms with van der Waals surface area (Å²) in [7, 11) is 0. The van der Waals surface area contributed by atoms with E-state index in [0.717, 1.165) is 18.4 Å². The van der Waals surface area contributed by atoms with Crippen molar-refractivity contribution in [3.8, 4) is 11.3 Å². The molecule has 2 amide bonds. The van der Waals surface area contributed by atoms with Crippen molar-refractivity contribution < 1.29 is 14.0 Å². The smallest absolute Gasteiger partial charge is 0.269 e. The van der Waals surface area contributed by atoms with E-state index < -0.39 is 0 Å². The number of hydrogen-bond acceptors (Lipinski definition) is 4. The summed E-state index contributed by atoms with van der Waals surface area (Å²) in [5.74, 6) is -0.0461. The Morgan fingerprint density at radius 2 is 1.80 bits per heavy atom. The number of amides is 2. The van der Waals surface area contributed by atoms with Crippen LogP contribution in [0, 0.1) is 5.82 Å². The first-order valence-electron chi connectivity index (χ1n) is 8.07. The van der Waals surface area contributed by atoms with Crippen molar-refractivity contribution >= 4 is 24.4 Å². The molecule has 1 aromatic carbocycles. The Bertz CT molecular complexity index is 703. The van der Waals surface area contributed by atoms with Crippen molar-refractivity contribution in [1.82, 2.24) is 20.8 Å². The second-order valence-corrected chi connectivity index (χ2v) is 5.91. The molecule has 0 fully saturated rings. The summed E-state index contributed by atoms with van der Waals surface area (Å²) in [4.78, 5) is 23.3. The minimum atomic E-state index is -0.320. The molecule has 25 heavy (non-hydrogen) atoms. The normalized spacial score (nSPS) is 10.5. The minimum absolute atomic E-state index is 0.00943. The fraction of sp³-hybridized carbons (Fsp3) is 0.353. The Labute approximate surface area is 151 Å². The zero-order chi connectivity index (χ0) is 18.1. The second-order valence-electron chi connectivity index (χ2n) is 5.46. The number of aromatic nitrogens is 2. The summed E-state index contributed by atoms with van der Waals surface area (Å²) in [5.41, 5.74) is 1.66. The van der Waals surface area contributed by atoms with E-state index in [2.05, 4.69) is 33.5 Å². The van der Waals surface area contributed by atoms with Crippen LogP contribution >= 0.6 is 12.6 Å². The van der Waals surface area contributed by atoms with E-state index in [1.165, 1.54) is 12.1 Å². The second kappa shape index (κ2) is 9.83. The van der Waals surface area contributed by atoms with Gasteiger partial charge in [-0.05, 0) is 48.9 Å². The number of nitrogens with one attached hydrogen (secondary N) is 3. The van der Waals surface area contributed by atoms with Gasteiger partial charge in [0.25, 0.3) is 5.91 Å². The number of carbonyl (C=O) groups is 2. The number of halogens is 1.